The van der Waals surface area contributed by atoms with Crippen molar-refractivity contribution in [1.29, 1.82) is 0 Å². The predicted molar refractivity (Wildman–Crippen MR) is 128 cm³/mol. The first kappa shape index (κ1) is 21.9. The first-order valence-electron chi connectivity index (χ1n) is 11.3. The maximum absolute atomic E-state index is 13.1. The standard InChI is InChI=1S/C24H28N4O4S/c1-31-15-7-8-18(32-2)17(13-15)24(30)28-11-9-27(10-12-28)14-20-25-22(29)21-16-5-3-4-6-19(16)33-23(21)26-20/h7-8,13H,3-6,9-12,14H2,1-2H3,(H,25,26,29). The minimum absolute atomic E-state index is 0.0201. The van der Waals surface area contributed by atoms with Crippen molar-refractivity contribution in [2.24, 2.45) is 0 Å². The van der Waals surface area contributed by atoms with Crippen molar-refractivity contribution >= 4 is 27.5 Å². The van der Waals surface area contributed by atoms with Crippen LogP contribution in [0.2, 0.25) is 0 Å². The highest BCUT2D eigenvalue weighted by atomic mass is 32.1. The van der Waals surface area contributed by atoms with Crippen LogP contribution in [0.15, 0.2) is 23.0 Å². The first-order chi connectivity index (χ1) is 16.1. The second-order valence-electron chi connectivity index (χ2n) is 8.54. The number of H-pyrrole nitrogens is 1. The van der Waals surface area contributed by atoms with E-state index < -0.39 is 0 Å². The number of nitrogens with one attached hydrogen (secondary N) is 1. The van der Waals surface area contributed by atoms with Gasteiger partial charge in [0, 0.05) is 31.1 Å². The third kappa shape index (κ3) is 4.22. The Bertz CT molecular complexity index is 1240. The van der Waals surface area contributed by atoms with Gasteiger partial charge in [0.2, 0.25) is 0 Å². The number of amides is 1. The normalized spacial score (nSPS) is 16.6. The zero-order valence-electron chi connectivity index (χ0n) is 19.0. The highest BCUT2D eigenvalue weighted by molar-refractivity contribution is 7.18. The number of carbonyl (C=O) groups excluding carboxylic acids is 1. The molecule has 9 heteroatoms. The van der Waals surface area contributed by atoms with Crippen LogP contribution in [-0.4, -0.2) is 66.1 Å². The Kier molecular flexibility index (Phi) is 6.07. The molecule has 1 aliphatic carbocycles. The fourth-order valence-corrected chi connectivity index (χ4v) is 6.04. The zero-order valence-corrected chi connectivity index (χ0v) is 19.8. The van der Waals surface area contributed by atoms with Gasteiger partial charge in [-0.1, -0.05) is 0 Å². The van der Waals surface area contributed by atoms with Gasteiger partial charge in [-0.05, 0) is 49.4 Å². The molecule has 2 aliphatic rings. The van der Waals surface area contributed by atoms with Gasteiger partial charge in [0.05, 0.1) is 31.7 Å². The van der Waals surface area contributed by atoms with Crippen LogP contribution in [0.5, 0.6) is 11.5 Å². The molecule has 3 aromatic rings. The molecule has 3 heterocycles. The third-order valence-corrected chi connectivity index (χ3v) is 7.73. The molecule has 1 fully saturated rings. The van der Waals surface area contributed by atoms with Crippen LogP contribution < -0.4 is 15.0 Å². The molecular weight excluding hydrogens is 440 g/mol. The molecular formula is C24H28N4O4S. The number of hydrogen-bond donors (Lipinski definition) is 1. The second-order valence-corrected chi connectivity index (χ2v) is 9.62. The molecule has 1 aliphatic heterocycles. The number of rotatable bonds is 5. The predicted octanol–water partition coefficient (Wildman–Crippen LogP) is 2.84. The van der Waals surface area contributed by atoms with Gasteiger partial charge in [-0.15, -0.1) is 11.3 Å². The van der Waals surface area contributed by atoms with E-state index in [-0.39, 0.29) is 11.5 Å². The lowest BCUT2D eigenvalue weighted by molar-refractivity contribution is 0.0622. The van der Waals surface area contributed by atoms with E-state index in [9.17, 15) is 9.59 Å². The van der Waals surface area contributed by atoms with Crippen LogP contribution in [0.1, 0.15) is 39.5 Å². The molecule has 5 rings (SSSR count). The molecule has 0 radical (unpaired) electrons. The van der Waals surface area contributed by atoms with Crippen molar-refractivity contribution in [1.82, 2.24) is 19.8 Å². The lowest BCUT2D eigenvalue weighted by atomic mass is 9.97. The summed E-state index contributed by atoms with van der Waals surface area (Å²) < 4.78 is 10.7. The number of thiophene rings is 1. The summed E-state index contributed by atoms with van der Waals surface area (Å²) in [7, 11) is 3.14. The average Bonchev–Trinajstić information content (AvgIpc) is 3.22. The zero-order chi connectivity index (χ0) is 22.9. The summed E-state index contributed by atoms with van der Waals surface area (Å²) in [5.74, 6) is 1.79. The van der Waals surface area contributed by atoms with E-state index in [2.05, 4.69) is 9.88 Å². The Balaban J connectivity index is 1.27. The topological polar surface area (TPSA) is 87.8 Å². The summed E-state index contributed by atoms with van der Waals surface area (Å²) in [4.78, 5) is 40.0. The fourth-order valence-electron chi connectivity index (χ4n) is 4.76. The number of benzene rings is 1. The number of methoxy groups -OCH3 is 2. The van der Waals surface area contributed by atoms with Gasteiger partial charge in [-0.2, -0.15) is 0 Å². The monoisotopic (exact) mass is 468 g/mol. The molecule has 0 saturated carbocycles. The number of fused-ring (bicyclic) bond motifs is 3. The number of aromatic amines is 1. The fraction of sp³-hybridized carbons (Fsp3) is 0.458. The van der Waals surface area contributed by atoms with Crippen molar-refractivity contribution in [3.63, 3.8) is 0 Å². The van der Waals surface area contributed by atoms with Crippen molar-refractivity contribution in [3.05, 3.63) is 50.4 Å². The Morgan fingerprint density at radius 2 is 1.91 bits per heavy atom. The molecule has 0 bridgehead atoms. The van der Waals surface area contributed by atoms with Crippen LogP contribution >= 0.6 is 11.3 Å². The number of nitrogens with zero attached hydrogens (tertiary/aromatic N) is 3. The number of hydrogen-bond acceptors (Lipinski definition) is 7. The number of piperazine rings is 1. The summed E-state index contributed by atoms with van der Waals surface area (Å²) in [5.41, 5.74) is 1.69. The van der Waals surface area contributed by atoms with E-state index >= 15 is 0 Å². The number of carbonyl (C=O) groups is 1. The summed E-state index contributed by atoms with van der Waals surface area (Å²) >= 11 is 1.67. The molecule has 0 spiro atoms. The molecule has 1 saturated heterocycles. The largest absolute Gasteiger partial charge is 0.497 e. The van der Waals surface area contributed by atoms with Crippen LogP contribution in [-0.2, 0) is 19.4 Å². The number of aryl methyl sites for hydroxylation is 2. The molecule has 1 N–H and O–H groups in total. The molecule has 0 atom stereocenters. The van der Waals surface area contributed by atoms with Gasteiger partial charge in [0.1, 0.15) is 22.2 Å². The molecule has 8 nitrogen and oxygen atoms in total. The minimum atomic E-state index is -0.0671. The van der Waals surface area contributed by atoms with E-state index in [1.165, 1.54) is 16.9 Å². The smallest absolute Gasteiger partial charge is 0.259 e. The number of ether oxygens (including phenoxy) is 2. The van der Waals surface area contributed by atoms with Crippen LogP contribution in [0, 0.1) is 0 Å². The quantitative estimate of drug-likeness (QED) is 0.620. The SMILES string of the molecule is COc1ccc(OC)c(C(=O)N2CCN(Cc3nc4sc5c(c4c(=O)[nH]3)CCCC5)CC2)c1. The van der Waals surface area contributed by atoms with Crippen LogP contribution in [0.3, 0.4) is 0 Å². The summed E-state index contributed by atoms with van der Waals surface area (Å²) in [6.45, 7) is 3.18. The second kappa shape index (κ2) is 9.15. The van der Waals surface area contributed by atoms with Crippen LogP contribution in [0.25, 0.3) is 10.2 Å². The first-order valence-corrected chi connectivity index (χ1v) is 12.2. The summed E-state index contributed by atoms with van der Waals surface area (Å²) in [6, 6.07) is 5.25. The molecule has 0 unspecified atom stereocenters. The van der Waals surface area contributed by atoms with Crippen molar-refractivity contribution in [3.8, 4) is 11.5 Å². The lowest BCUT2D eigenvalue weighted by Crippen LogP contribution is -2.48. The molecule has 33 heavy (non-hydrogen) atoms. The van der Waals surface area contributed by atoms with E-state index in [0.29, 0.717) is 55.6 Å². The minimum Gasteiger partial charge on any atom is -0.497 e. The van der Waals surface area contributed by atoms with Gasteiger partial charge in [-0.3, -0.25) is 14.5 Å². The van der Waals surface area contributed by atoms with Gasteiger partial charge in [-0.25, -0.2) is 4.98 Å². The average molecular weight is 469 g/mol. The highest BCUT2D eigenvalue weighted by Gasteiger charge is 2.26. The van der Waals surface area contributed by atoms with E-state index in [1.807, 2.05) is 4.90 Å². The maximum atomic E-state index is 13.1. The Morgan fingerprint density at radius 1 is 1.12 bits per heavy atom. The van der Waals surface area contributed by atoms with Crippen molar-refractivity contribution in [2.75, 3.05) is 40.4 Å². The van der Waals surface area contributed by atoms with E-state index in [0.717, 1.165) is 29.5 Å². The van der Waals surface area contributed by atoms with Crippen molar-refractivity contribution < 1.29 is 14.3 Å². The molecule has 1 amide bonds. The summed E-state index contributed by atoms with van der Waals surface area (Å²) in [5, 5.41) is 0.793. The summed E-state index contributed by atoms with van der Waals surface area (Å²) in [6.07, 6.45) is 4.37. The van der Waals surface area contributed by atoms with Gasteiger partial charge < -0.3 is 19.4 Å². The van der Waals surface area contributed by atoms with Gasteiger partial charge in [0.15, 0.2) is 0 Å². The van der Waals surface area contributed by atoms with Crippen LogP contribution in [0.4, 0.5) is 0 Å². The number of aromatic nitrogens is 2. The Labute approximate surface area is 196 Å². The third-order valence-electron chi connectivity index (χ3n) is 6.54. The van der Waals surface area contributed by atoms with Crippen molar-refractivity contribution in [2.45, 2.75) is 32.2 Å². The maximum Gasteiger partial charge on any atom is 0.259 e. The molecule has 1 aromatic carbocycles. The Morgan fingerprint density at radius 3 is 2.67 bits per heavy atom. The highest BCUT2D eigenvalue weighted by Crippen LogP contribution is 2.33. The van der Waals surface area contributed by atoms with E-state index in [1.54, 1.807) is 43.8 Å². The van der Waals surface area contributed by atoms with Gasteiger partial charge in [0.25, 0.3) is 11.5 Å². The molecule has 174 valence electrons. The Hall–Kier alpha value is -2.91. The van der Waals surface area contributed by atoms with Gasteiger partial charge >= 0.3 is 0 Å². The lowest BCUT2D eigenvalue weighted by Gasteiger charge is -2.34. The van der Waals surface area contributed by atoms with E-state index in [4.69, 9.17) is 14.5 Å². The molecule has 2 aromatic heterocycles.